The lowest BCUT2D eigenvalue weighted by atomic mass is 9.72. The fourth-order valence-corrected chi connectivity index (χ4v) is 9.16. The molecule has 6 rings (SSSR count). The van der Waals surface area contributed by atoms with E-state index in [2.05, 4.69) is 52.3 Å². The SMILES string of the molecule is C=CC(=O)N1CCN(C2NC(OCC3CCCN3C)NC3C(=O)[C@]4(CCC32)Cc2ccc(OC)cc2S4)CC1CC#N. The molecule has 2 N–H and O–H groups in total. The van der Waals surface area contributed by atoms with Gasteiger partial charge in [0, 0.05) is 36.5 Å². The lowest BCUT2D eigenvalue weighted by molar-refractivity contribution is -0.144. The zero-order chi connectivity index (χ0) is 29.4. The number of nitriles is 1. The van der Waals surface area contributed by atoms with Crippen LogP contribution in [0.4, 0.5) is 0 Å². The van der Waals surface area contributed by atoms with Crippen LogP contribution in [0.3, 0.4) is 0 Å². The van der Waals surface area contributed by atoms with Crippen LogP contribution < -0.4 is 15.4 Å². The summed E-state index contributed by atoms with van der Waals surface area (Å²) in [5.74, 6) is 0.953. The van der Waals surface area contributed by atoms with E-state index in [-0.39, 0.29) is 42.3 Å². The van der Waals surface area contributed by atoms with Gasteiger partial charge in [-0.05, 0) is 69.5 Å². The Hall–Kier alpha value is -2.46. The first-order chi connectivity index (χ1) is 20.4. The average Bonchev–Trinajstić information content (AvgIpc) is 3.60. The molecule has 1 saturated carbocycles. The molecule has 42 heavy (non-hydrogen) atoms. The highest BCUT2D eigenvalue weighted by atomic mass is 32.2. The van der Waals surface area contributed by atoms with Crippen molar-refractivity contribution in [1.29, 1.82) is 5.26 Å². The van der Waals surface area contributed by atoms with Crippen molar-refractivity contribution in [3.05, 3.63) is 36.4 Å². The number of hydrogen-bond donors (Lipinski definition) is 2. The van der Waals surface area contributed by atoms with Crippen LogP contribution in [0.2, 0.25) is 0 Å². The van der Waals surface area contributed by atoms with Crippen LogP contribution >= 0.6 is 11.8 Å². The Morgan fingerprint density at radius 1 is 1.26 bits per heavy atom. The zero-order valence-corrected chi connectivity index (χ0v) is 25.4. The highest BCUT2D eigenvalue weighted by molar-refractivity contribution is 8.01. The summed E-state index contributed by atoms with van der Waals surface area (Å²) in [6, 6.07) is 8.17. The molecule has 4 fully saturated rings. The number of nitrogens with zero attached hydrogens (tertiary/aromatic N) is 4. The molecule has 5 aliphatic rings. The number of thioether (sulfide) groups is 1. The van der Waals surface area contributed by atoms with E-state index in [0.717, 1.165) is 42.9 Å². The van der Waals surface area contributed by atoms with E-state index >= 15 is 0 Å². The van der Waals surface area contributed by atoms with E-state index < -0.39 is 11.1 Å². The first kappa shape index (κ1) is 29.6. The van der Waals surface area contributed by atoms with Gasteiger partial charge in [0.2, 0.25) is 5.91 Å². The number of Topliss-reactive ketones (excluding diaryl/α,β-unsaturated/α-hetero) is 1. The first-order valence-electron chi connectivity index (χ1n) is 15.1. The number of likely N-dealkylation sites (tertiary alicyclic amines) is 1. The third-order valence-electron chi connectivity index (χ3n) is 9.97. The molecule has 6 unspecified atom stereocenters. The lowest BCUT2D eigenvalue weighted by Crippen LogP contribution is -2.75. The standard InChI is InChI=1S/C31H42N6O4S/c1-4-26(38)37-15-14-36(18-21(37)10-12-32)29-24-9-11-31(17-20-7-8-23(40-3)16-25(20)42-31)28(39)27(24)33-30(34-29)41-19-22-6-5-13-35(22)2/h4,7-8,16,21-22,24,27,29-30,33-34H,1,5-6,9-11,13-15,17-19H2,2-3H3/t21?,22?,24?,27?,29?,30?,31-/m0/s1. The summed E-state index contributed by atoms with van der Waals surface area (Å²) < 4.78 is 11.4. The van der Waals surface area contributed by atoms with Crippen molar-refractivity contribution < 1.29 is 19.1 Å². The predicted molar refractivity (Wildman–Crippen MR) is 160 cm³/mol. The number of ether oxygens (including phenoxy) is 2. The largest absolute Gasteiger partial charge is 0.497 e. The summed E-state index contributed by atoms with van der Waals surface area (Å²) in [4.78, 5) is 34.6. The van der Waals surface area contributed by atoms with Crippen molar-refractivity contribution in [2.45, 2.75) is 78.8 Å². The van der Waals surface area contributed by atoms with Crippen LogP contribution in [-0.2, 0) is 20.7 Å². The summed E-state index contributed by atoms with van der Waals surface area (Å²) >= 11 is 1.70. The number of fused-ring (bicyclic) bond motifs is 2. The second-order valence-electron chi connectivity index (χ2n) is 12.3. The molecular formula is C31H42N6O4S. The van der Waals surface area contributed by atoms with E-state index in [1.54, 1.807) is 23.8 Å². The Kier molecular flexibility index (Phi) is 8.65. The maximum atomic E-state index is 14.5. The zero-order valence-electron chi connectivity index (χ0n) is 24.6. The second kappa shape index (κ2) is 12.3. The Bertz CT molecular complexity index is 1260. The van der Waals surface area contributed by atoms with Crippen LogP contribution in [0, 0.1) is 17.2 Å². The summed E-state index contributed by atoms with van der Waals surface area (Å²) in [7, 11) is 3.81. The molecule has 1 aliphatic carbocycles. The fraction of sp³-hybridized carbons (Fsp3) is 0.645. The lowest BCUT2D eigenvalue weighted by Gasteiger charge is -2.54. The molecule has 4 heterocycles. The van der Waals surface area contributed by atoms with Crippen LogP contribution in [0.5, 0.6) is 5.75 Å². The first-order valence-corrected chi connectivity index (χ1v) is 16.0. The molecule has 0 bridgehead atoms. The Morgan fingerprint density at radius 3 is 2.86 bits per heavy atom. The smallest absolute Gasteiger partial charge is 0.246 e. The third kappa shape index (κ3) is 5.49. The molecule has 0 radical (unpaired) electrons. The number of amides is 1. The second-order valence-corrected chi connectivity index (χ2v) is 13.7. The quantitative estimate of drug-likeness (QED) is 0.455. The van der Waals surface area contributed by atoms with Crippen molar-refractivity contribution in [1.82, 2.24) is 25.3 Å². The number of nitrogens with one attached hydrogen (secondary N) is 2. The molecule has 226 valence electrons. The molecule has 0 aromatic heterocycles. The Labute approximate surface area is 252 Å². The van der Waals surface area contributed by atoms with Gasteiger partial charge in [-0.15, -0.1) is 11.8 Å². The molecule has 1 spiro atoms. The van der Waals surface area contributed by atoms with Gasteiger partial charge in [0.25, 0.3) is 0 Å². The maximum absolute atomic E-state index is 14.5. The van der Waals surface area contributed by atoms with E-state index in [9.17, 15) is 14.9 Å². The van der Waals surface area contributed by atoms with Gasteiger partial charge in [0.1, 0.15) is 5.75 Å². The van der Waals surface area contributed by atoms with Gasteiger partial charge < -0.3 is 19.3 Å². The summed E-state index contributed by atoms with van der Waals surface area (Å²) in [5, 5.41) is 16.8. The van der Waals surface area contributed by atoms with Gasteiger partial charge in [-0.25, -0.2) is 0 Å². The molecular weight excluding hydrogens is 552 g/mol. The number of hydrogen-bond acceptors (Lipinski definition) is 10. The highest BCUT2D eigenvalue weighted by Gasteiger charge is 2.56. The summed E-state index contributed by atoms with van der Waals surface area (Å²) in [5.41, 5.74) is 1.21. The van der Waals surface area contributed by atoms with Gasteiger partial charge in [0.05, 0.1) is 49.2 Å². The van der Waals surface area contributed by atoms with Crippen molar-refractivity contribution in [3.8, 4) is 11.8 Å². The molecule has 10 nitrogen and oxygen atoms in total. The Balaban J connectivity index is 1.24. The van der Waals surface area contributed by atoms with Crippen molar-refractivity contribution in [2.75, 3.05) is 46.9 Å². The van der Waals surface area contributed by atoms with Crippen molar-refractivity contribution in [3.63, 3.8) is 0 Å². The predicted octanol–water partition coefficient (Wildman–Crippen LogP) is 1.96. The number of benzene rings is 1. The Morgan fingerprint density at radius 2 is 2.12 bits per heavy atom. The normalized spacial score (nSPS) is 35.1. The number of likely N-dealkylation sites (N-methyl/N-ethyl adjacent to an activating group) is 1. The minimum atomic E-state index is -0.501. The minimum Gasteiger partial charge on any atom is -0.497 e. The average molecular weight is 595 g/mol. The molecule has 3 saturated heterocycles. The molecule has 1 aromatic rings. The molecule has 4 aliphatic heterocycles. The van der Waals surface area contributed by atoms with E-state index in [4.69, 9.17) is 9.47 Å². The summed E-state index contributed by atoms with van der Waals surface area (Å²) in [6.07, 6.45) is 5.67. The monoisotopic (exact) mass is 594 g/mol. The maximum Gasteiger partial charge on any atom is 0.246 e. The van der Waals surface area contributed by atoms with Gasteiger partial charge in [-0.1, -0.05) is 12.6 Å². The van der Waals surface area contributed by atoms with Crippen molar-refractivity contribution in [2.24, 2.45) is 5.92 Å². The number of carbonyl (C=O) groups excluding carboxylic acids is 2. The van der Waals surface area contributed by atoms with E-state index in [1.165, 1.54) is 18.1 Å². The third-order valence-corrected chi connectivity index (χ3v) is 11.5. The molecule has 1 aromatic carbocycles. The molecule has 7 atom stereocenters. The topological polar surface area (TPSA) is 110 Å². The van der Waals surface area contributed by atoms with Gasteiger partial charge >= 0.3 is 0 Å². The number of rotatable bonds is 7. The van der Waals surface area contributed by atoms with E-state index in [0.29, 0.717) is 32.3 Å². The van der Waals surface area contributed by atoms with Crippen LogP contribution in [-0.4, -0.2) is 109 Å². The number of carbonyl (C=O) groups is 2. The van der Waals surface area contributed by atoms with Crippen LogP contribution in [0.25, 0.3) is 0 Å². The van der Waals surface area contributed by atoms with Gasteiger partial charge in [-0.2, -0.15) is 5.26 Å². The van der Waals surface area contributed by atoms with Gasteiger partial charge in [0.15, 0.2) is 12.1 Å². The number of methoxy groups -OCH3 is 1. The molecule has 1 amide bonds. The van der Waals surface area contributed by atoms with E-state index in [1.807, 2.05) is 6.07 Å². The fourth-order valence-electron chi connectivity index (χ4n) is 7.62. The molecule has 11 heteroatoms. The number of ketones is 1. The summed E-state index contributed by atoms with van der Waals surface area (Å²) in [6.45, 7) is 7.05. The highest BCUT2D eigenvalue weighted by Crippen LogP contribution is 2.53. The number of piperazine rings is 1. The van der Waals surface area contributed by atoms with Crippen LogP contribution in [0.1, 0.15) is 37.7 Å². The van der Waals surface area contributed by atoms with Crippen LogP contribution in [0.15, 0.2) is 35.7 Å². The minimum absolute atomic E-state index is 0.0420. The van der Waals surface area contributed by atoms with Crippen molar-refractivity contribution >= 4 is 23.5 Å². The van der Waals surface area contributed by atoms with Gasteiger partial charge in [-0.3, -0.25) is 25.1 Å².